The van der Waals surface area contributed by atoms with E-state index in [0.717, 1.165) is 16.4 Å². The van der Waals surface area contributed by atoms with Crippen molar-refractivity contribution in [2.75, 3.05) is 12.4 Å². The van der Waals surface area contributed by atoms with Gasteiger partial charge in [0.1, 0.15) is 0 Å². The van der Waals surface area contributed by atoms with Crippen LogP contribution in [0.15, 0.2) is 18.2 Å². The highest BCUT2D eigenvalue weighted by molar-refractivity contribution is 14.1. The second-order valence-corrected chi connectivity index (χ2v) is 5.87. The molecule has 0 bridgehead atoms. The molecule has 6 nitrogen and oxygen atoms in total. The maximum absolute atomic E-state index is 11.8. The Hall–Kier alpha value is -1.35. The third-order valence-electron chi connectivity index (χ3n) is 3.22. The van der Waals surface area contributed by atoms with Gasteiger partial charge < -0.3 is 20.5 Å². The Kier molecular flexibility index (Phi) is 4.81. The summed E-state index contributed by atoms with van der Waals surface area (Å²) in [7, 11) is 1.64. The van der Waals surface area contributed by atoms with Gasteiger partial charge in [0.05, 0.1) is 17.4 Å². The standard InChI is InChI=1S/C13H15IN2O4/c1-20-9-5-8(6-9)15-13(19)16-11-3-2-7(14)4-10(11)12(17)18/h2-4,8-9H,5-6H2,1H3,(H,17,18)(H2,15,16,19). The van der Waals surface area contributed by atoms with Crippen molar-refractivity contribution in [1.29, 1.82) is 0 Å². The first kappa shape index (κ1) is 15.0. The minimum atomic E-state index is -1.07. The Balaban J connectivity index is 1.96. The van der Waals surface area contributed by atoms with Gasteiger partial charge in [-0.3, -0.25) is 0 Å². The van der Waals surface area contributed by atoms with E-state index < -0.39 is 12.0 Å². The molecule has 1 saturated carbocycles. The second-order valence-electron chi connectivity index (χ2n) is 4.62. The van der Waals surface area contributed by atoms with Crippen LogP contribution < -0.4 is 10.6 Å². The van der Waals surface area contributed by atoms with Crippen molar-refractivity contribution in [2.24, 2.45) is 0 Å². The lowest BCUT2D eigenvalue weighted by Crippen LogP contribution is -2.48. The number of rotatable bonds is 4. The summed E-state index contributed by atoms with van der Waals surface area (Å²) in [6.07, 6.45) is 1.76. The lowest BCUT2D eigenvalue weighted by atomic mass is 9.89. The SMILES string of the molecule is COC1CC(NC(=O)Nc2ccc(I)cc2C(=O)O)C1. The molecule has 0 aromatic heterocycles. The number of anilines is 1. The number of ether oxygens (including phenoxy) is 1. The molecule has 20 heavy (non-hydrogen) atoms. The van der Waals surface area contributed by atoms with Gasteiger partial charge >= 0.3 is 12.0 Å². The summed E-state index contributed by atoms with van der Waals surface area (Å²) in [5, 5.41) is 14.5. The number of amides is 2. The van der Waals surface area contributed by atoms with Crippen molar-refractivity contribution in [3.63, 3.8) is 0 Å². The van der Waals surface area contributed by atoms with Crippen LogP contribution in [0.3, 0.4) is 0 Å². The fourth-order valence-electron chi connectivity index (χ4n) is 2.02. The Morgan fingerprint density at radius 2 is 2.10 bits per heavy atom. The first-order valence-electron chi connectivity index (χ1n) is 6.12. The van der Waals surface area contributed by atoms with Crippen LogP contribution in [0.4, 0.5) is 10.5 Å². The molecule has 1 aliphatic carbocycles. The van der Waals surface area contributed by atoms with Crippen LogP contribution in [-0.4, -0.2) is 36.4 Å². The van der Waals surface area contributed by atoms with Crippen molar-refractivity contribution < 1.29 is 19.4 Å². The molecule has 1 aromatic carbocycles. The third-order valence-corrected chi connectivity index (χ3v) is 3.89. The second kappa shape index (κ2) is 6.40. The van der Waals surface area contributed by atoms with E-state index in [0.29, 0.717) is 0 Å². The predicted molar refractivity (Wildman–Crippen MR) is 82.1 cm³/mol. The van der Waals surface area contributed by atoms with E-state index in [1.807, 2.05) is 22.6 Å². The molecule has 0 atom stereocenters. The Morgan fingerprint density at radius 1 is 1.40 bits per heavy atom. The molecule has 0 radical (unpaired) electrons. The number of halogens is 1. The molecule has 0 unspecified atom stereocenters. The van der Waals surface area contributed by atoms with Crippen LogP contribution >= 0.6 is 22.6 Å². The molecule has 0 aliphatic heterocycles. The molecule has 7 heteroatoms. The largest absolute Gasteiger partial charge is 0.478 e. The van der Waals surface area contributed by atoms with Crippen LogP contribution in [-0.2, 0) is 4.74 Å². The summed E-state index contributed by atoms with van der Waals surface area (Å²) in [6, 6.07) is 4.53. The Bertz CT molecular complexity index is 529. The van der Waals surface area contributed by atoms with Crippen molar-refractivity contribution in [2.45, 2.75) is 25.0 Å². The minimum Gasteiger partial charge on any atom is -0.478 e. The smallest absolute Gasteiger partial charge is 0.337 e. The number of carboxylic acids is 1. The predicted octanol–water partition coefficient (Wildman–Crippen LogP) is 2.29. The number of carbonyl (C=O) groups excluding carboxylic acids is 1. The van der Waals surface area contributed by atoms with Gasteiger partial charge in [-0.25, -0.2) is 9.59 Å². The van der Waals surface area contributed by atoms with Crippen LogP contribution in [0.2, 0.25) is 0 Å². The number of urea groups is 1. The van der Waals surface area contributed by atoms with Crippen molar-refractivity contribution in [3.8, 4) is 0 Å². The normalized spacial score (nSPS) is 20.9. The van der Waals surface area contributed by atoms with Crippen LogP contribution in [0.5, 0.6) is 0 Å². The van der Waals surface area contributed by atoms with Gasteiger partial charge in [-0.2, -0.15) is 0 Å². The zero-order valence-corrected chi connectivity index (χ0v) is 13.0. The molecule has 1 aromatic rings. The zero-order chi connectivity index (χ0) is 14.7. The highest BCUT2D eigenvalue weighted by Gasteiger charge is 2.30. The molecule has 2 rings (SSSR count). The highest BCUT2D eigenvalue weighted by atomic mass is 127. The number of hydrogen-bond acceptors (Lipinski definition) is 3. The van der Waals surface area contributed by atoms with Gasteiger partial charge in [-0.1, -0.05) is 0 Å². The van der Waals surface area contributed by atoms with Crippen LogP contribution in [0.25, 0.3) is 0 Å². The Morgan fingerprint density at radius 3 is 2.70 bits per heavy atom. The van der Waals surface area contributed by atoms with E-state index in [9.17, 15) is 9.59 Å². The summed E-state index contributed by atoms with van der Waals surface area (Å²) in [5.41, 5.74) is 0.369. The summed E-state index contributed by atoms with van der Waals surface area (Å²) in [5.74, 6) is -1.07. The van der Waals surface area contributed by atoms with E-state index >= 15 is 0 Å². The zero-order valence-electron chi connectivity index (χ0n) is 10.9. The summed E-state index contributed by atoms with van der Waals surface area (Å²) in [4.78, 5) is 22.9. The van der Waals surface area contributed by atoms with Crippen molar-refractivity contribution in [1.82, 2.24) is 5.32 Å². The maximum atomic E-state index is 11.8. The van der Waals surface area contributed by atoms with Gasteiger partial charge in [-0.05, 0) is 53.6 Å². The van der Waals surface area contributed by atoms with Gasteiger partial charge in [0.2, 0.25) is 0 Å². The van der Waals surface area contributed by atoms with E-state index in [4.69, 9.17) is 9.84 Å². The third kappa shape index (κ3) is 3.60. The fourth-order valence-corrected chi connectivity index (χ4v) is 2.51. The number of aromatic carboxylic acids is 1. The van der Waals surface area contributed by atoms with Gasteiger partial charge in [0.15, 0.2) is 0 Å². The average Bonchev–Trinajstić information content (AvgIpc) is 2.35. The van der Waals surface area contributed by atoms with Crippen molar-refractivity contribution >= 4 is 40.3 Å². The average molecular weight is 390 g/mol. The van der Waals surface area contributed by atoms with Crippen LogP contribution in [0, 0.1) is 3.57 Å². The lowest BCUT2D eigenvalue weighted by Gasteiger charge is -2.34. The fraction of sp³-hybridized carbons (Fsp3) is 0.385. The van der Waals surface area contributed by atoms with Gasteiger partial charge in [-0.15, -0.1) is 0 Å². The topological polar surface area (TPSA) is 87.7 Å². The summed E-state index contributed by atoms with van der Waals surface area (Å²) in [6.45, 7) is 0. The Labute approximate surface area is 130 Å². The lowest BCUT2D eigenvalue weighted by molar-refractivity contribution is 0.0210. The number of carbonyl (C=O) groups is 2. The van der Waals surface area contributed by atoms with E-state index in [1.54, 1.807) is 19.2 Å². The molecule has 0 heterocycles. The van der Waals surface area contributed by atoms with Crippen molar-refractivity contribution in [3.05, 3.63) is 27.3 Å². The van der Waals surface area contributed by atoms with Gasteiger partial charge in [0, 0.05) is 16.7 Å². The maximum Gasteiger partial charge on any atom is 0.337 e. The quantitative estimate of drug-likeness (QED) is 0.689. The molecule has 108 valence electrons. The summed E-state index contributed by atoms with van der Waals surface area (Å²) < 4.78 is 5.93. The van der Waals surface area contributed by atoms with E-state index in [2.05, 4.69) is 10.6 Å². The molecule has 2 amide bonds. The van der Waals surface area contributed by atoms with Gasteiger partial charge in [0.25, 0.3) is 0 Å². The molecule has 0 spiro atoms. The molecule has 3 N–H and O–H groups in total. The summed E-state index contributed by atoms with van der Waals surface area (Å²) >= 11 is 2.03. The first-order chi connectivity index (χ1) is 9.49. The monoisotopic (exact) mass is 390 g/mol. The highest BCUT2D eigenvalue weighted by Crippen LogP contribution is 2.23. The van der Waals surface area contributed by atoms with E-state index in [-0.39, 0.29) is 23.4 Å². The molecule has 0 saturated heterocycles. The molecular formula is C13H15IN2O4. The number of nitrogens with one attached hydrogen (secondary N) is 2. The number of carboxylic acid groups (broad SMARTS) is 1. The number of methoxy groups -OCH3 is 1. The molecule has 1 aliphatic rings. The first-order valence-corrected chi connectivity index (χ1v) is 7.20. The molecular weight excluding hydrogens is 375 g/mol. The van der Waals surface area contributed by atoms with Crippen LogP contribution in [0.1, 0.15) is 23.2 Å². The molecule has 1 fully saturated rings. The minimum absolute atomic E-state index is 0.0791. The number of hydrogen-bond donors (Lipinski definition) is 3. The number of benzene rings is 1. The van der Waals surface area contributed by atoms with E-state index in [1.165, 1.54) is 6.07 Å².